The minimum Gasteiger partial charge on any atom is -0.377 e. The Morgan fingerprint density at radius 3 is 2.89 bits per heavy atom. The summed E-state index contributed by atoms with van der Waals surface area (Å²) in [6, 6.07) is 9.15. The molecule has 4 rings (SSSR count). The van der Waals surface area contributed by atoms with Crippen molar-refractivity contribution in [3.05, 3.63) is 42.0 Å². The highest BCUT2D eigenvalue weighted by Gasteiger charge is 2.59. The predicted octanol–water partition coefficient (Wildman–Crippen LogP) is 2.93. The van der Waals surface area contributed by atoms with Gasteiger partial charge in [0.25, 0.3) is 0 Å². The fourth-order valence-electron chi connectivity index (χ4n) is 4.80. The van der Waals surface area contributed by atoms with E-state index in [0.29, 0.717) is 24.6 Å². The number of nitrogens with zero attached hydrogens (tertiary/aromatic N) is 2. The summed E-state index contributed by atoms with van der Waals surface area (Å²) in [5.41, 5.74) is 2.67. The molecule has 0 spiro atoms. The average Bonchev–Trinajstić information content (AvgIpc) is 3.35. The highest BCUT2D eigenvalue weighted by Crippen LogP contribution is 2.52. The summed E-state index contributed by atoms with van der Waals surface area (Å²) in [6.07, 6.45) is 5.98. The van der Waals surface area contributed by atoms with Gasteiger partial charge in [0.1, 0.15) is 0 Å². The number of aliphatic imine (C=N–C) groups is 1. The smallest absolute Gasteiger partial charge is 0.191 e. The van der Waals surface area contributed by atoms with Crippen LogP contribution in [0.15, 0.2) is 41.4 Å². The Morgan fingerprint density at radius 2 is 2.11 bits per heavy atom. The van der Waals surface area contributed by atoms with E-state index in [1.165, 1.54) is 11.3 Å². The average molecular weight is 369 g/mol. The zero-order valence-corrected chi connectivity index (χ0v) is 16.7. The van der Waals surface area contributed by atoms with E-state index in [-0.39, 0.29) is 5.41 Å². The molecule has 1 aromatic carbocycles. The molecule has 5 heteroatoms. The molecule has 146 valence electrons. The topological polar surface area (TPSA) is 48.9 Å². The van der Waals surface area contributed by atoms with Crippen LogP contribution in [0.1, 0.15) is 32.8 Å². The molecule has 1 aromatic rings. The van der Waals surface area contributed by atoms with Gasteiger partial charge in [-0.15, -0.1) is 0 Å². The number of anilines is 1. The molecule has 3 aliphatic rings. The Hall–Kier alpha value is -2.01. The van der Waals surface area contributed by atoms with Crippen molar-refractivity contribution in [2.45, 2.75) is 45.9 Å². The molecular weight excluding hydrogens is 336 g/mol. The summed E-state index contributed by atoms with van der Waals surface area (Å²) >= 11 is 0. The number of hydrogen-bond donors (Lipinski definition) is 2. The molecule has 0 bridgehead atoms. The quantitative estimate of drug-likeness (QED) is 0.477. The van der Waals surface area contributed by atoms with Gasteiger partial charge in [0, 0.05) is 49.3 Å². The molecule has 0 amide bonds. The molecule has 1 aliphatic carbocycles. The van der Waals surface area contributed by atoms with Gasteiger partial charge in [-0.05, 0) is 31.0 Å². The van der Waals surface area contributed by atoms with E-state index in [1.54, 1.807) is 0 Å². The number of nitrogens with one attached hydrogen (secondary N) is 2. The highest BCUT2D eigenvalue weighted by molar-refractivity contribution is 5.80. The molecule has 2 N–H and O–H groups in total. The lowest BCUT2D eigenvalue weighted by Crippen LogP contribution is -2.67. The van der Waals surface area contributed by atoms with Crippen LogP contribution in [0, 0.1) is 11.3 Å². The van der Waals surface area contributed by atoms with E-state index in [9.17, 15) is 0 Å². The second kappa shape index (κ2) is 7.55. The fourth-order valence-corrected chi connectivity index (χ4v) is 4.80. The molecular formula is C22H32N4O. The third-order valence-corrected chi connectivity index (χ3v) is 6.25. The Bertz CT molecular complexity index is 719. The van der Waals surface area contributed by atoms with E-state index in [0.717, 1.165) is 38.6 Å². The summed E-state index contributed by atoms with van der Waals surface area (Å²) in [7, 11) is 0. The highest BCUT2D eigenvalue weighted by atomic mass is 16.5. The maximum Gasteiger partial charge on any atom is 0.191 e. The van der Waals surface area contributed by atoms with Crippen molar-refractivity contribution in [2.24, 2.45) is 16.3 Å². The Labute approximate surface area is 162 Å². The van der Waals surface area contributed by atoms with Crippen LogP contribution in [-0.2, 0) is 11.3 Å². The Morgan fingerprint density at radius 1 is 1.30 bits per heavy atom. The van der Waals surface area contributed by atoms with E-state index in [1.807, 2.05) is 0 Å². The lowest BCUT2D eigenvalue weighted by Gasteiger charge is -2.54. The van der Waals surface area contributed by atoms with Gasteiger partial charge >= 0.3 is 0 Å². The van der Waals surface area contributed by atoms with Crippen LogP contribution < -0.4 is 15.5 Å². The van der Waals surface area contributed by atoms with Gasteiger partial charge < -0.3 is 20.3 Å². The van der Waals surface area contributed by atoms with Crippen molar-refractivity contribution in [2.75, 3.05) is 31.1 Å². The first-order valence-corrected chi connectivity index (χ1v) is 10.2. The SMILES string of the molecule is CCNC(=NCc1cccc(N2CC=CC2)c1)NC1C2CCOC2C1(C)C. The molecule has 2 aliphatic heterocycles. The molecule has 3 atom stereocenters. The number of fused-ring (bicyclic) bond motifs is 1. The zero-order chi connectivity index (χ0) is 18.9. The monoisotopic (exact) mass is 368 g/mol. The molecule has 2 fully saturated rings. The second-order valence-electron chi connectivity index (χ2n) is 8.43. The van der Waals surface area contributed by atoms with E-state index in [4.69, 9.17) is 9.73 Å². The van der Waals surface area contributed by atoms with Gasteiger partial charge in [-0.1, -0.05) is 38.1 Å². The number of guanidine groups is 1. The summed E-state index contributed by atoms with van der Waals surface area (Å²) in [6.45, 7) is 11.2. The van der Waals surface area contributed by atoms with E-state index >= 15 is 0 Å². The van der Waals surface area contributed by atoms with Crippen LogP contribution in [0.2, 0.25) is 0 Å². The summed E-state index contributed by atoms with van der Waals surface area (Å²) < 4.78 is 5.92. The number of ether oxygens (including phenoxy) is 1. The lowest BCUT2D eigenvalue weighted by molar-refractivity contribution is -0.106. The van der Waals surface area contributed by atoms with Crippen molar-refractivity contribution in [1.29, 1.82) is 0 Å². The van der Waals surface area contributed by atoms with Crippen molar-refractivity contribution in [3.63, 3.8) is 0 Å². The lowest BCUT2D eigenvalue weighted by atomic mass is 9.57. The van der Waals surface area contributed by atoms with E-state index < -0.39 is 0 Å². The molecule has 27 heavy (non-hydrogen) atoms. The normalized spacial score (nSPS) is 28.8. The number of benzene rings is 1. The van der Waals surface area contributed by atoms with Gasteiger partial charge in [-0.25, -0.2) is 4.99 Å². The van der Waals surface area contributed by atoms with Crippen LogP contribution in [-0.4, -0.2) is 44.3 Å². The van der Waals surface area contributed by atoms with Crippen molar-refractivity contribution in [3.8, 4) is 0 Å². The van der Waals surface area contributed by atoms with E-state index in [2.05, 4.69) is 72.7 Å². The van der Waals surface area contributed by atoms with Gasteiger partial charge in [0.2, 0.25) is 0 Å². The molecule has 0 aromatic heterocycles. The van der Waals surface area contributed by atoms with Gasteiger partial charge in [-0.3, -0.25) is 0 Å². The first-order valence-electron chi connectivity index (χ1n) is 10.2. The van der Waals surface area contributed by atoms with Crippen LogP contribution in [0.3, 0.4) is 0 Å². The first-order chi connectivity index (χ1) is 13.1. The van der Waals surface area contributed by atoms with Crippen molar-refractivity contribution >= 4 is 11.6 Å². The first kappa shape index (κ1) is 18.4. The Balaban J connectivity index is 1.43. The second-order valence-corrected chi connectivity index (χ2v) is 8.43. The third-order valence-electron chi connectivity index (χ3n) is 6.25. The van der Waals surface area contributed by atoms with Gasteiger partial charge in [0.15, 0.2) is 5.96 Å². The molecule has 2 heterocycles. The number of hydrogen-bond acceptors (Lipinski definition) is 3. The molecule has 3 unspecified atom stereocenters. The maximum absolute atomic E-state index is 5.92. The minimum absolute atomic E-state index is 0.153. The van der Waals surface area contributed by atoms with Crippen LogP contribution in [0.25, 0.3) is 0 Å². The predicted molar refractivity (Wildman–Crippen MR) is 111 cm³/mol. The Kier molecular flexibility index (Phi) is 5.13. The molecule has 0 radical (unpaired) electrons. The summed E-state index contributed by atoms with van der Waals surface area (Å²) in [5, 5.41) is 7.11. The zero-order valence-electron chi connectivity index (χ0n) is 16.7. The van der Waals surface area contributed by atoms with Crippen LogP contribution >= 0.6 is 0 Å². The molecule has 5 nitrogen and oxygen atoms in total. The van der Waals surface area contributed by atoms with Crippen LogP contribution in [0.5, 0.6) is 0 Å². The largest absolute Gasteiger partial charge is 0.377 e. The van der Waals surface area contributed by atoms with Crippen LogP contribution in [0.4, 0.5) is 5.69 Å². The number of rotatable bonds is 5. The molecule has 1 saturated carbocycles. The minimum atomic E-state index is 0.153. The fraction of sp³-hybridized carbons (Fsp3) is 0.591. The summed E-state index contributed by atoms with van der Waals surface area (Å²) in [4.78, 5) is 7.24. The third kappa shape index (κ3) is 3.57. The maximum atomic E-state index is 5.92. The standard InChI is InChI=1S/C22H32N4O/c1-4-23-21(25-19-18-10-13-27-20(18)22(19,2)3)24-15-16-8-7-9-17(14-16)26-11-5-6-12-26/h5-9,14,18-20H,4,10-13,15H2,1-3H3,(H2,23,24,25). The summed E-state index contributed by atoms with van der Waals surface area (Å²) in [5.74, 6) is 1.52. The van der Waals surface area contributed by atoms with Gasteiger partial charge in [-0.2, -0.15) is 0 Å². The van der Waals surface area contributed by atoms with Crippen molar-refractivity contribution < 1.29 is 4.74 Å². The van der Waals surface area contributed by atoms with Crippen molar-refractivity contribution in [1.82, 2.24) is 10.6 Å². The van der Waals surface area contributed by atoms with Gasteiger partial charge in [0.05, 0.1) is 12.6 Å². The molecule has 1 saturated heterocycles.